The van der Waals surface area contributed by atoms with Crippen LogP contribution in [0.4, 0.5) is 0 Å². The number of hydrogen-bond acceptors (Lipinski definition) is 3. The van der Waals surface area contributed by atoms with E-state index in [9.17, 15) is 9.59 Å². The fourth-order valence-corrected chi connectivity index (χ4v) is 4.24. The van der Waals surface area contributed by atoms with Crippen LogP contribution in [0.25, 0.3) is 5.69 Å². The second kappa shape index (κ2) is 8.19. The molecule has 0 unspecified atom stereocenters. The molecule has 1 saturated carbocycles. The van der Waals surface area contributed by atoms with Crippen molar-refractivity contribution in [1.29, 1.82) is 0 Å². The predicted molar refractivity (Wildman–Crippen MR) is 112 cm³/mol. The quantitative estimate of drug-likeness (QED) is 0.772. The summed E-state index contributed by atoms with van der Waals surface area (Å²) in [5, 5.41) is 5.31. The molecule has 2 amide bonds. The fourth-order valence-electron chi connectivity index (χ4n) is 4.12. The van der Waals surface area contributed by atoms with E-state index in [2.05, 4.69) is 5.10 Å². The van der Waals surface area contributed by atoms with E-state index in [0.29, 0.717) is 37.6 Å². The number of amides is 2. The third-order valence-electron chi connectivity index (χ3n) is 6.24. The van der Waals surface area contributed by atoms with Gasteiger partial charge in [0, 0.05) is 48.4 Å². The largest absolute Gasteiger partial charge is 0.339 e. The van der Waals surface area contributed by atoms with Gasteiger partial charge < -0.3 is 9.80 Å². The minimum Gasteiger partial charge on any atom is -0.339 e. The number of piperazine rings is 1. The Morgan fingerprint density at radius 3 is 2.24 bits per heavy atom. The number of hydrogen-bond donors (Lipinski definition) is 0. The van der Waals surface area contributed by atoms with Crippen LogP contribution in [0.3, 0.4) is 0 Å². The van der Waals surface area contributed by atoms with Crippen molar-refractivity contribution in [1.82, 2.24) is 19.6 Å². The SMILES string of the molecule is Cc1nn(-c2ccc(Cl)cc2)c(C)c1CC(=O)N1CCN(C(=O)C2CCC2)CC1. The molecule has 1 aliphatic heterocycles. The normalized spacial score (nSPS) is 17.3. The lowest BCUT2D eigenvalue weighted by Gasteiger charge is -2.38. The Balaban J connectivity index is 1.40. The van der Waals surface area contributed by atoms with Crippen LogP contribution in [0.15, 0.2) is 24.3 Å². The third-order valence-corrected chi connectivity index (χ3v) is 6.49. The summed E-state index contributed by atoms with van der Waals surface area (Å²) in [5.74, 6) is 0.600. The smallest absolute Gasteiger partial charge is 0.227 e. The highest BCUT2D eigenvalue weighted by Gasteiger charge is 2.32. The van der Waals surface area contributed by atoms with E-state index in [1.54, 1.807) is 0 Å². The number of aryl methyl sites for hydroxylation is 1. The number of aromatic nitrogens is 2. The van der Waals surface area contributed by atoms with E-state index in [1.165, 1.54) is 0 Å². The van der Waals surface area contributed by atoms with Gasteiger partial charge in [0.15, 0.2) is 0 Å². The van der Waals surface area contributed by atoms with Gasteiger partial charge in [-0.3, -0.25) is 9.59 Å². The van der Waals surface area contributed by atoms with Gasteiger partial charge in [-0.25, -0.2) is 4.68 Å². The summed E-state index contributed by atoms with van der Waals surface area (Å²) < 4.78 is 1.86. The summed E-state index contributed by atoms with van der Waals surface area (Å²) in [6, 6.07) is 7.52. The lowest BCUT2D eigenvalue weighted by molar-refractivity contribution is -0.143. The van der Waals surface area contributed by atoms with Crippen LogP contribution in [0.5, 0.6) is 0 Å². The van der Waals surface area contributed by atoms with Crippen molar-refractivity contribution in [2.75, 3.05) is 26.2 Å². The van der Waals surface area contributed by atoms with Crippen LogP contribution < -0.4 is 0 Å². The van der Waals surface area contributed by atoms with Gasteiger partial charge in [-0.05, 0) is 51.0 Å². The molecule has 2 fully saturated rings. The molecule has 0 spiro atoms. The Hall–Kier alpha value is -2.34. The highest BCUT2D eigenvalue weighted by molar-refractivity contribution is 6.30. The van der Waals surface area contributed by atoms with E-state index in [1.807, 2.05) is 52.6 Å². The first-order valence-electron chi connectivity index (χ1n) is 10.3. The predicted octanol–water partition coefficient (Wildman–Crippen LogP) is 3.16. The fraction of sp³-hybridized carbons (Fsp3) is 0.500. The molecule has 0 bridgehead atoms. The van der Waals surface area contributed by atoms with Gasteiger partial charge in [-0.1, -0.05) is 18.0 Å². The summed E-state index contributed by atoms with van der Waals surface area (Å²) in [6.07, 6.45) is 3.54. The van der Waals surface area contributed by atoms with Crippen molar-refractivity contribution < 1.29 is 9.59 Å². The van der Waals surface area contributed by atoms with Crippen LogP contribution in [0.2, 0.25) is 5.02 Å². The van der Waals surface area contributed by atoms with Gasteiger partial charge in [0.25, 0.3) is 0 Å². The third kappa shape index (κ3) is 4.04. The lowest BCUT2D eigenvalue weighted by atomic mass is 9.84. The van der Waals surface area contributed by atoms with Gasteiger partial charge in [0.2, 0.25) is 11.8 Å². The molecule has 2 heterocycles. The van der Waals surface area contributed by atoms with Crippen molar-refractivity contribution >= 4 is 23.4 Å². The Morgan fingerprint density at radius 2 is 1.66 bits per heavy atom. The maximum absolute atomic E-state index is 12.9. The zero-order valence-electron chi connectivity index (χ0n) is 17.0. The first-order valence-corrected chi connectivity index (χ1v) is 10.7. The Bertz CT molecular complexity index is 910. The highest BCUT2D eigenvalue weighted by atomic mass is 35.5. The number of carbonyl (C=O) groups is 2. The molecule has 0 radical (unpaired) electrons. The van der Waals surface area contributed by atoms with Crippen LogP contribution in [-0.4, -0.2) is 57.6 Å². The van der Waals surface area contributed by atoms with Gasteiger partial charge in [0.05, 0.1) is 17.8 Å². The molecule has 2 aromatic rings. The second-order valence-corrected chi connectivity index (χ2v) is 8.48. The van der Waals surface area contributed by atoms with Crippen molar-refractivity contribution in [2.45, 2.75) is 39.5 Å². The zero-order valence-corrected chi connectivity index (χ0v) is 17.8. The molecule has 2 aliphatic rings. The molecular formula is C22H27ClN4O2. The van der Waals surface area contributed by atoms with Gasteiger partial charge >= 0.3 is 0 Å². The van der Waals surface area contributed by atoms with E-state index in [4.69, 9.17) is 11.6 Å². The topological polar surface area (TPSA) is 58.4 Å². The van der Waals surface area contributed by atoms with E-state index < -0.39 is 0 Å². The van der Waals surface area contributed by atoms with Crippen LogP contribution in [0, 0.1) is 19.8 Å². The molecule has 1 saturated heterocycles. The first kappa shape index (κ1) is 20.0. The van der Waals surface area contributed by atoms with Crippen LogP contribution in [-0.2, 0) is 16.0 Å². The molecule has 7 heteroatoms. The molecule has 1 aliphatic carbocycles. The molecule has 1 aromatic heterocycles. The van der Waals surface area contributed by atoms with Crippen molar-refractivity contribution in [3.8, 4) is 5.69 Å². The Morgan fingerprint density at radius 1 is 1.03 bits per heavy atom. The average Bonchev–Trinajstić information content (AvgIpc) is 2.95. The number of rotatable bonds is 4. The van der Waals surface area contributed by atoms with Crippen molar-refractivity contribution in [2.24, 2.45) is 5.92 Å². The number of halogens is 1. The zero-order chi connectivity index (χ0) is 20.5. The average molecular weight is 415 g/mol. The number of carbonyl (C=O) groups excluding carboxylic acids is 2. The minimum atomic E-state index is 0.0996. The Kier molecular flexibility index (Phi) is 5.63. The Labute approximate surface area is 176 Å². The maximum atomic E-state index is 12.9. The second-order valence-electron chi connectivity index (χ2n) is 8.05. The maximum Gasteiger partial charge on any atom is 0.227 e. The molecule has 29 heavy (non-hydrogen) atoms. The summed E-state index contributed by atoms with van der Waals surface area (Å²) in [6.45, 7) is 6.44. The molecule has 0 atom stereocenters. The molecular weight excluding hydrogens is 388 g/mol. The minimum absolute atomic E-state index is 0.0996. The highest BCUT2D eigenvalue weighted by Crippen LogP contribution is 2.28. The van der Waals surface area contributed by atoms with Crippen molar-refractivity contribution in [3.63, 3.8) is 0 Å². The number of benzene rings is 1. The summed E-state index contributed by atoms with van der Waals surface area (Å²) in [5.41, 5.74) is 3.73. The van der Waals surface area contributed by atoms with Crippen LogP contribution >= 0.6 is 11.6 Å². The molecule has 6 nitrogen and oxygen atoms in total. The molecule has 154 valence electrons. The summed E-state index contributed by atoms with van der Waals surface area (Å²) >= 11 is 5.98. The van der Waals surface area contributed by atoms with E-state index in [-0.39, 0.29) is 17.7 Å². The van der Waals surface area contributed by atoms with E-state index in [0.717, 1.165) is 41.9 Å². The number of nitrogens with zero attached hydrogens (tertiary/aromatic N) is 4. The molecule has 0 N–H and O–H groups in total. The van der Waals surface area contributed by atoms with E-state index >= 15 is 0 Å². The first-order chi connectivity index (χ1) is 13.9. The standard InChI is InChI=1S/C22H27ClN4O2/c1-15-20(16(2)27(24-15)19-8-6-18(23)7-9-19)14-21(28)25-10-12-26(13-11-25)22(29)17-4-3-5-17/h6-9,17H,3-5,10-14H2,1-2H3. The monoisotopic (exact) mass is 414 g/mol. The summed E-state index contributed by atoms with van der Waals surface area (Å²) in [4.78, 5) is 29.1. The van der Waals surface area contributed by atoms with Gasteiger partial charge in [-0.15, -0.1) is 0 Å². The molecule has 1 aromatic carbocycles. The van der Waals surface area contributed by atoms with Gasteiger partial charge in [0.1, 0.15) is 0 Å². The van der Waals surface area contributed by atoms with Crippen molar-refractivity contribution in [3.05, 3.63) is 46.2 Å². The lowest BCUT2D eigenvalue weighted by Crippen LogP contribution is -2.52. The summed E-state index contributed by atoms with van der Waals surface area (Å²) in [7, 11) is 0. The van der Waals surface area contributed by atoms with Crippen LogP contribution in [0.1, 0.15) is 36.2 Å². The van der Waals surface area contributed by atoms with Gasteiger partial charge in [-0.2, -0.15) is 5.10 Å². The molecule has 4 rings (SSSR count).